The summed E-state index contributed by atoms with van der Waals surface area (Å²) in [5.74, 6) is 0.444. The summed E-state index contributed by atoms with van der Waals surface area (Å²) in [5.41, 5.74) is 6.97. The highest BCUT2D eigenvalue weighted by atomic mass is 16.3. The normalized spacial score (nSPS) is 11.4. The fourth-order valence-electron chi connectivity index (χ4n) is 13.0. The summed E-state index contributed by atoms with van der Waals surface area (Å²) in [6.45, 7) is 0. The number of hydrogen-bond donors (Lipinski definition) is 6. The van der Waals surface area contributed by atoms with E-state index in [2.05, 4.69) is 29.9 Å². The number of phenols is 6. The fourth-order valence-corrected chi connectivity index (χ4v) is 13.0. The lowest BCUT2D eigenvalue weighted by molar-refractivity contribution is 0.467. The van der Waals surface area contributed by atoms with Crippen molar-refractivity contribution in [2.24, 2.45) is 0 Å². The van der Waals surface area contributed by atoms with Crippen molar-refractivity contribution < 1.29 is 30.6 Å². The Balaban J connectivity index is 0.000000113. The van der Waals surface area contributed by atoms with Gasteiger partial charge in [-0.3, -0.25) is 0 Å². The minimum absolute atomic E-state index is 0.0740. The molecular formula is C78H54N12O6. The molecule has 96 heavy (non-hydrogen) atoms. The van der Waals surface area contributed by atoms with Gasteiger partial charge in [-0.2, -0.15) is 0 Å². The van der Waals surface area contributed by atoms with Crippen LogP contribution in [0.15, 0.2) is 294 Å². The molecule has 6 heterocycles. The van der Waals surface area contributed by atoms with Crippen molar-refractivity contribution in [3.63, 3.8) is 0 Å². The Bertz CT molecular complexity index is 4970. The molecule has 6 aromatic heterocycles. The zero-order chi connectivity index (χ0) is 65.0. The number of phenolic OH excluding ortho intramolecular Hbond substituents is 6. The van der Waals surface area contributed by atoms with Crippen molar-refractivity contribution in [1.29, 1.82) is 0 Å². The average Bonchev–Trinajstić information content (AvgIpc) is 0.843. The SMILES string of the molecule is Oc1c(-n2ccnc2)cc2ccccc2c1-c1c(O)c(-n2ccnc2)cc2ccccc12.Oc1c(-n2ccnc2)cc2ccccc2c1-c1c(O)c(-n2ccnc2)cc2ccccc12.Oc1c(-n2ccnc2)cc2ccccc2c1-c1c(O)c(-n2ccnc2)cc2ccccc12. The molecule has 18 nitrogen and oxygen atoms in total. The molecule has 18 rings (SSSR count). The largest absolute Gasteiger partial charge is 0.505 e. The number of imidazole rings is 6. The maximum atomic E-state index is 11.5. The minimum Gasteiger partial charge on any atom is -0.505 e. The summed E-state index contributed by atoms with van der Waals surface area (Å²) in [7, 11) is 0. The molecule has 462 valence electrons. The molecule has 0 aliphatic carbocycles. The first-order valence-corrected chi connectivity index (χ1v) is 30.6. The fraction of sp³-hybridized carbons (Fsp3) is 0. The van der Waals surface area contributed by atoms with Crippen molar-refractivity contribution in [1.82, 2.24) is 57.3 Å². The predicted octanol–water partition coefficient (Wildman–Crippen LogP) is 16.3. The van der Waals surface area contributed by atoms with Crippen LogP contribution in [0.5, 0.6) is 34.5 Å². The van der Waals surface area contributed by atoms with Gasteiger partial charge in [0.1, 0.15) is 34.5 Å². The van der Waals surface area contributed by atoms with E-state index < -0.39 is 0 Å². The molecular weight excluding hydrogens is 1200 g/mol. The summed E-state index contributed by atoms with van der Waals surface area (Å²) < 4.78 is 10.6. The van der Waals surface area contributed by atoms with Crippen LogP contribution in [0.3, 0.4) is 0 Å². The van der Waals surface area contributed by atoms with Crippen molar-refractivity contribution in [3.8, 4) is 102 Å². The lowest BCUT2D eigenvalue weighted by Gasteiger charge is -2.19. The summed E-state index contributed by atoms with van der Waals surface area (Å²) in [6, 6.07) is 58.6. The van der Waals surface area contributed by atoms with Crippen LogP contribution in [0, 0.1) is 0 Å². The van der Waals surface area contributed by atoms with Gasteiger partial charge in [0.15, 0.2) is 0 Å². The lowest BCUT2D eigenvalue weighted by atomic mass is 9.91. The molecule has 6 N–H and O–H groups in total. The molecule has 0 aliphatic rings. The van der Waals surface area contributed by atoms with Crippen LogP contribution in [0.25, 0.3) is 132 Å². The van der Waals surface area contributed by atoms with Gasteiger partial charge in [0, 0.05) is 108 Å². The first-order valence-electron chi connectivity index (χ1n) is 30.6. The first-order chi connectivity index (χ1) is 47.2. The van der Waals surface area contributed by atoms with Gasteiger partial charge in [-0.25, -0.2) is 29.9 Å². The van der Waals surface area contributed by atoms with Gasteiger partial charge >= 0.3 is 0 Å². The quantitative estimate of drug-likeness (QED) is 0.0793. The number of nitrogens with zero attached hydrogens (tertiary/aromatic N) is 12. The van der Waals surface area contributed by atoms with E-state index in [9.17, 15) is 30.6 Å². The number of aromatic hydroxyl groups is 6. The first kappa shape index (κ1) is 57.4. The maximum Gasteiger partial charge on any atom is 0.148 e. The highest BCUT2D eigenvalue weighted by Gasteiger charge is 2.27. The Hall–Kier alpha value is -13.7. The molecule has 0 aliphatic heterocycles. The summed E-state index contributed by atoms with van der Waals surface area (Å²) >= 11 is 0. The monoisotopic (exact) mass is 1250 g/mol. The summed E-state index contributed by atoms with van der Waals surface area (Å²) in [4.78, 5) is 24.8. The van der Waals surface area contributed by atoms with Gasteiger partial charge in [0.05, 0.1) is 72.1 Å². The molecule has 0 bridgehead atoms. The second-order valence-corrected chi connectivity index (χ2v) is 22.9. The van der Waals surface area contributed by atoms with Crippen LogP contribution < -0.4 is 0 Å². The molecule has 0 unspecified atom stereocenters. The van der Waals surface area contributed by atoms with Gasteiger partial charge in [0.2, 0.25) is 0 Å². The van der Waals surface area contributed by atoms with Gasteiger partial charge in [0.25, 0.3) is 0 Å². The lowest BCUT2D eigenvalue weighted by Crippen LogP contribution is -1.97. The highest BCUT2D eigenvalue weighted by molar-refractivity contribution is 6.15. The second kappa shape index (κ2) is 23.8. The molecule has 0 saturated carbocycles. The highest BCUT2D eigenvalue weighted by Crippen LogP contribution is 2.53. The zero-order valence-electron chi connectivity index (χ0n) is 50.8. The number of rotatable bonds is 9. The molecule has 18 aromatic rings. The second-order valence-electron chi connectivity index (χ2n) is 22.9. The van der Waals surface area contributed by atoms with Crippen LogP contribution >= 0.6 is 0 Å². The third-order valence-corrected chi connectivity index (χ3v) is 17.5. The molecule has 0 saturated heterocycles. The van der Waals surface area contributed by atoms with Crippen molar-refractivity contribution >= 4 is 64.6 Å². The van der Waals surface area contributed by atoms with Gasteiger partial charge < -0.3 is 58.0 Å². The zero-order valence-corrected chi connectivity index (χ0v) is 50.8. The number of hydrogen-bond acceptors (Lipinski definition) is 12. The van der Waals surface area contributed by atoms with E-state index in [-0.39, 0.29) is 34.5 Å². The van der Waals surface area contributed by atoms with Gasteiger partial charge in [-0.15, -0.1) is 0 Å². The van der Waals surface area contributed by atoms with Crippen molar-refractivity contribution in [3.05, 3.63) is 294 Å². The molecule has 18 heteroatoms. The molecule has 0 fully saturated rings. The average molecular weight is 1260 g/mol. The maximum absolute atomic E-state index is 11.5. The van der Waals surface area contributed by atoms with Crippen LogP contribution in [-0.2, 0) is 0 Å². The van der Waals surface area contributed by atoms with E-state index in [0.29, 0.717) is 67.5 Å². The van der Waals surface area contributed by atoms with Gasteiger partial charge in [-0.05, 0) is 101 Å². The molecule has 0 spiro atoms. The van der Waals surface area contributed by atoms with E-state index in [4.69, 9.17) is 0 Å². The van der Waals surface area contributed by atoms with Crippen molar-refractivity contribution in [2.75, 3.05) is 0 Å². The van der Waals surface area contributed by atoms with E-state index >= 15 is 0 Å². The molecule has 0 atom stereocenters. The van der Waals surface area contributed by atoms with Crippen LogP contribution in [0.2, 0.25) is 0 Å². The third-order valence-electron chi connectivity index (χ3n) is 17.5. The Morgan fingerprint density at radius 2 is 0.344 bits per heavy atom. The summed E-state index contributed by atoms with van der Waals surface area (Å²) in [5, 5.41) is 80.0. The van der Waals surface area contributed by atoms with Gasteiger partial charge in [-0.1, -0.05) is 146 Å². The Morgan fingerprint density at radius 1 is 0.198 bits per heavy atom. The predicted molar refractivity (Wildman–Crippen MR) is 373 cm³/mol. The van der Waals surface area contributed by atoms with E-state index in [1.807, 2.05) is 182 Å². The molecule has 0 radical (unpaired) electrons. The summed E-state index contributed by atoms with van der Waals surface area (Å²) in [6.07, 6.45) is 30.6. The third kappa shape index (κ3) is 9.85. The number of aromatic nitrogens is 12. The van der Waals surface area contributed by atoms with E-state index in [0.717, 1.165) is 64.6 Å². The Morgan fingerprint density at radius 3 is 0.479 bits per heavy atom. The standard InChI is InChI=1S/3C26H18N4O2/c3*31-25-21(29-11-9-27-15-29)13-17-5-1-3-7-19(17)23(25)24-20-8-4-2-6-18(20)14-22(26(24)32)30-12-10-28-16-30/h3*1-16,31-32H. The van der Waals surface area contributed by atoms with Crippen molar-refractivity contribution in [2.45, 2.75) is 0 Å². The minimum atomic E-state index is 0.0740. The molecule has 0 amide bonds. The van der Waals surface area contributed by atoms with Crippen LogP contribution in [-0.4, -0.2) is 87.9 Å². The van der Waals surface area contributed by atoms with Crippen LogP contribution in [0.4, 0.5) is 0 Å². The van der Waals surface area contributed by atoms with E-state index in [1.54, 1.807) is 140 Å². The van der Waals surface area contributed by atoms with Crippen LogP contribution in [0.1, 0.15) is 0 Å². The Labute approximate surface area is 546 Å². The smallest absolute Gasteiger partial charge is 0.148 e. The van der Waals surface area contributed by atoms with E-state index in [1.165, 1.54) is 0 Å². The molecule has 12 aromatic carbocycles. The number of fused-ring (bicyclic) bond motifs is 6. The number of benzene rings is 12. The Kier molecular flexibility index (Phi) is 14.2. The topological polar surface area (TPSA) is 228 Å².